The summed E-state index contributed by atoms with van der Waals surface area (Å²) in [7, 11) is 0. The molecule has 0 spiro atoms. The second-order valence-corrected chi connectivity index (χ2v) is 8.87. The fourth-order valence-electron chi connectivity index (χ4n) is 4.24. The molecule has 1 aromatic heterocycles. The lowest BCUT2D eigenvalue weighted by Crippen LogP contribution is -2.49. The van der Waals surface area contributed by atoms with Crippen molar-refractivity contribution >= 4 is 17.6 Å². The molecule has 8 heteroatoms. The van der Waals surface area contributed by atoms with Gasteiger partial charge in [-0.1, -0.05) is 49.3 Å². The zero-order chi connectivity index (χ0) is 23.4. The van der Waals surface area contributed by atoms with Gasteiger partial charge in [0.2, 0.25) is 11.8 Å². The Balaban J connectivity index is 1.82. The minimum atomic E-state index is -0.832. The van der Waals surface area contributed by atoms with Crippen LogP contribution in [0.4, 0.5) is 0 Å². The van der Waals surface area contributed by atoms with Gasteiger partial charge in [0.1, 0.15) is 23.5 Å². The maximum atomic E-state index is 13.5. The van der Waals surface area contributed by atoms with Gasteiger partial charge in [-0.25, -0.2) is 0 Å². The Morgan fingerprint density at radius 3 is 2.50 bits per heavy atom. The molecule has 0 aliphatic carbocycles. The van der Waals surface area contributed by atoms with Crippen LogP contribution in [0.2, 0.25) is 0 Å². The van der Waals surface area contributed by atoms with Gasteiger partial charge >= 0.3 is 0 Å². The van der Waals surface area contributed by atoms with Crippen molar-refractivity contribution in [3.63, 3.8) is 0 Å². The largest absolute Gasteiger partial charge is 0.391 e. The molecule has 0 radical (unpaired) electrons. The molecule has 1 aliphatic rings. The van der Waals surface area contributed by atoms with Crippen molar-refractivity contribution in [1.29, 1.82) is 0 Å². The average molecular weight is 442 g/mol. The van der Waals surface area contributed by atoms with Crippen molar-refractivity contribution in [1.82, 2.24) is 15.4 Å². The van der Waals surface area contributed by atoms with Crippen molar-refractivity contribution in [2.24, 2.45) is 5.92 Å². The number of hydrogen-bond donors (Lipinski definition) is 2. The summed E-state index contributed by atoms with van der Waals surface area (Å²) < 4.78 is 5.36. The summed E-state index contributed by atoms with van der Waals surface area (Å²) in [6.07, 6.45) is -0.522. The molecule has 172 valence electrons. The molecule has 1 aliphatic heterocycles. The fourth-order valence-corrected chi connectivity index (χ4v) is 4.24. The molecule has 3 rings (SSSR count). The van der Waals surface area contributed by atoms with E-state index < -0.39 is 24.1 Å². The first-order chi connectivity index (χ1) is 15.2. The summed E-state index contributed by atoms with van der Waals surface area (Å²) in [5, 5.41) is 17.1. The number of amides is 2. The fraction of sp³-hybridized carbons (Fsp3) is 0.500. The highest BCUT2D eigenvalue weighted by molar-refractivity contribution is 5.91. The molecule has 2 aromatic rings. The SMILES string of the molecule is CC(=O)C[C@H](NC(=O)[C@@H]1C[C@@H](O)CN1C(=O)[C@@H](c1cc(C)no1)C(C)C)c1ccccc1. The van der Waals surface area contributed by atoms with Crippen LogP contribution in [-0.2, 0) is 14.4 Å². The summed E-state index contributed by atoms with van der Waals surface area (Å²) in [6.45, 7) is 7.13. The third-order valence-corrected chi connectivity index (χ3v) is 5.76. The monoisotopic (exact) mass is 441 g/mol. The molecule has 0 unspecified atom stereocenters. The summed E-state index contributed by atoms with van der Waals surface area (Å²) in [5.41, 5.74) is 1.48. The van der Waals surface area contributed by atoms with Crippen molar-refractivity contribution < 1.29 is 24.0 Å². The van der Waals surface area contributed by atoms with E-state index in [-0.39, 0.29) is 42.9 Å². The minimum absolute atomic E-state index is 0.0564. The zero-order valence-corrected chi connectivity index (χ0v) is 18.9. The third-order valence-electron chi connectivity index (χ3n) is 5.76. The smallest absolute Gasteiger partial charge is 0.243 e. The number of nitrogens with zero attached hydrogens (tertiary/aromatic N) is 2. The third kappa shape index (κ3) is 5.43. The molecule has 2 amide bonds. The summed E-state index contributed by atoms with van der Waals surface area (Å²) in [5.74, 6) is -0.983. The van der Waals surface area contributed by atoms with Gasteiger partial charge in [0.15, 0.2) is 0 Å². The number of likely N-dealkylation sites (tertiary alicyclic amines) is 1. The predicted octanol–water partition coefficient (Wildman–Crippen LogP) is 2.52. The number of nitrogens with one attached hydrogen (secondary N) is 1. The molecule has 4 atom stereocenters. The number of ketones is 1. The summed E-state index contributed by atoms with van der Waals surface area (Å²) >= 11 is 0. The zero-order valence-electron chi connectivity index (χ0n) is 18.9. The van der Waals surface area contributed by atoms with Crippen LogP contribution < -0.4 is 5.32 Å². The highest BCUT2D eigenvalue weighted by Crippen LogP contribution is 2.31. The van der Waals surface area contributed by atoms with E-state index >= 15 is 0 Å². The van der Waals surface area contributed by atoms with E-state index in [1.165, 1.54) is 11.8 Å². The van der Waals surface area contributed by atoms with Gasteiger partial charge < -0.3 is 19.8 Å². The number of carbonyl (C=O) groups is 3. The van der Waals surface area contributed by atoms with Gasteiger partial charge in [-0.05, 0) is 25.3 Å². The number of β-amino-alcohol motifs (C(OH)–C–C–N with tert-alkyl or cyclic N) is 1. The van der Waals surface area contributed by atoms with Crippen LogP contribution in [0.3, 0.4) is 0 Å². The second kappa shape index (κ2) is 10.1. The molecule has 1 aromatic carbocycles. The Kier molecular flexibility index (Phi) is 7.45. The number of benzene rings is 1. The van der Waals surface area contributed by atoms with E-state index in [9.17, 15) is 19.5 Å². The number of aliphatic hydroxyl groups is 1. The normalized spacial score (nSPS) is 20.2. The number of aliphatic hydroxyl groups excluding tert-OH is 1. The van der Waals surface area contributed by atoms with Gasteiger partial charge in [-0.3, -0.25) is 14.4 Å². The maximum Gasteiger partial charge on any atom is 0.243 e. The van der Waals surface area contributed by atoms with Gasteiger partial charge in [0.05, 0.1) is 17.8 Å². The summed E-state index contributed by atoms with van der Waals surface area (Å²) in [6, 6.07) is 9.63. The van der Waals surface area contributed by atoms with Crippen molar-refractivity contribution in [3.8, 4) is 0 Å². The van der Waals surface area contributed by atoms with Gasteiger partial charge in [0, 0.05) is 25.5 Å². The first-order valence-electron chi connectivity index (χ1n) is 10.9. The Bertz CT molecular complexity index is 956. The summed E-state index contributed by atoms with van der Waals surface area (Å²) in [4.78, 5) is 40.0. The van der Waals surface area contributed by atoms with Crippen molar-refractivity contribution in [2.45, 2.75) is 64.6 Å². The Morgan fingerprint density at radius 1 is 1.25 bits per heavy atom. The van der Waals surface area contributed by atoms with Gasteiger partial charge in [-0.2, -0.15) is 0 Å². The van der Waals surface area contributed by atoms with Crippen LogP contribution >= 0.6 is 0 Å². The standard InChI is InChI=1S/C24H31N3O5/c1-14(2)22(21-10-15(3)26-32-21)24(31)27-13-18(29)12-20(27)23(30)25-19(11-16(4)28)17-8-6-5-7-9-17/h5-10,14,18-20,22,29H,11-13H2,1-4H3,(H,25,30)/t18-,19+,20+,22-/m1/s1. The number of aryl methyl sites for hydroxylation is 1. The molecule has 8 nitrogen and oxygen atoms in total. The van der Waals surface area contributed by atoms with E-state index in [2.05, 4.69) is 10.5 Å². The van der Waals surface area contributed by atoms with Crippen LogP contribution in [0.15, 0.2) is 40.9 Å². The number of rotatable bonds is 8. The van der Waals surface area contributed by atoms with E-state index in [1.54, 1.807) is 13.0 Å². The highest BCUT2D eigenvalue weighted by atomic mass is 16.5. The minimum Gasteiger partial charge on any atom is -0.391 e. The second-order valence-electron chi connectivity index (χ2n) is 8.87. The molecule has 1 saturated heterocycles. The van der Waals surface area contributed by atoms with E-state index in [1.807, 2.05) is 44.2 Å². The van der Waals surface area contributed by atoms with Crippen LogP contribution in [0.1, 0.15) is 62.6 Å². The predicted molar refractivity (Wildman–Crippen MR) is 118 cm³/mol. The van der Waals surface area contributed by atoms with Crippen LogP contribution in [0.25, 0.3) is 0 Å². The molecular formula is C24H31N3O5. The number of hydrogen-bond acceptors (Lipinski definition) is 6. The lowest BCUT2D eigenvalue weighted by molar-refractivity contribution is -0.141. The first-order valence-corrected chi connectivity index (χ1v) is 10.9. The van der Waals surface area contributed by atoms with Gasteiger partial charge in [0.25, 0.3) is 0 Å². The lowest BCUT2D eigenvalue weighted by Gasteiger charge is -2.30. The molecule has 2 heterocycles. The Hall–Kier alpha value is -3.00. The quantitative estimate of drug-likeness (QED) is 0.651. The van der Waals surface area contributed by atoms with Crippen LogP contribution in [-0.4, -0.2) is 51.5 Å². The van der Waals surface area contributed by atoms with E-state index in [4.69, 9.17) is 4.52 Å². The van der Waals surface area contributed by atoms with E-state index in [0.717, 1.165) is 5.56 Å². The lowest BCUT2D eigenvalue weighted by atomic mass is 9.91. The number of Topliss-reactive ketones (excluding diaryl/α,β-unsaturated/α-hetero) is 1. The Labute approximate surface area is 188 Å². The number of aromatic nitrogens is 1. The first kappa shape index (κ1) is 23.7. The molecule has 32 heavy (non-hydrogen) atoms. The molecule has 0 bridgehead atoms. The number of carbonyl (C=O) groups excluding carboxylic acids is 3. The van der Waals surface area contributed by atoms with Crippen molar-refractivity contribution in [3.05, 3.63) is 53.4 Å². The van der Waals surface area contributed by atoms with Crippen molar-refractivity contribution in [2.75, 3.05) is 6.54 Å². The van der Waals surface area contributed by atoms with E-state index in [0.29, 0.717) is 11.5 Å². The van der Waals surface area contributed by atoms with Crippen LogP contribution in [0, 0.1) is 12.8 Å². The van der Waals surface area contributed by atoms with Gasteiger partial charge in [-0.15, -0.1) is 0 Å². The van der Waals surface area contributed by atoms with Crippen LogP contribution in [0.5, 0.6) is 0 Å². The molecule has 1 fully saturated rings. The average Bonchev–Trinajstić information content (AvgIpc) is 3.33. The molecule has 2 N–H and O–H groups in total. The maximum absolute atomic E-state index is 13.5. The Morgan fingerprint density at radius 2 is 1.94 bits per heavy atom. The topological polar surface area (TPSA) is 113 Å². The molecule has 0 saturated carbocycles. The molecular weight excluding hydrogens is 410 g/mol. The highest BCUT2D eigenvalue weighted by Gasteiger charge is 2.43.